The van der Waals surface area contributed by atoms with E-state index in [1.165, 1.54) is 31.0 Å². The van der Waals surface area contributed by atoms with Gasteiger partial charge in [0.1, 0.15) is 0 Å². The average Bonchev–Trinajstić information content (AvgIpc) is 2.77. The van der Waals surface area contributed by atoms with Crippen LogP contribution in [0.5, 0.6) is 0 Å². The molecular weight excluding hydrogens is 398 g/mol. The molecule has 1 saturated heterocycles. The van der Waals surface area contributed by atoms with Crippen LogP contribution < -0.4 is 0 Å². The Morgan fingerprint density at radius 3 is 2.47 bits per heavy atom. The lowest BCUT2D eigenvalue weighted by Crippen LogP contribution is -2.50. The van der Waals surface area contributed by atoms with E-state index in [9.17, 15) is 14.7 Å². The van der Waals surface area contributed by atoms with Gasteiger partial charge in [0, 0.05) is 50.7 Å². The Hall–Kier alpha value is -1.57. The van der Waals surface area contributed by atoms with Gasteiger partial charge in [0.15, 0.2) is 0 Å². The first-order chi connectivity index (χ1) is 14.5. The van der Waals surface area contributed by atoms with Crippen LogP contribution in [0.4, 0.5) is 0 Å². The lowest BCUT2D eigenvalue weighted by molar-refractivity contribution is -0.129. The molecule has 1 aliphatic heterocycles. The smallest absolute Gasteiger partial charge is 0.255 e. The molecule has 1 heterocycles. The third-order valence-electron chi connectivity index (χ3n) is 6.17. The number of carbonyl (C=O) groups is 2. The first-order valence-electron chi connectivity index (χ1n) is 11.1. The Labute approximate surface area is 184 Å². The molecular formula is C23H35N3O3S. The van der Waals surface area contributed by atoms with Crippen molar-refractivity contribution in [1.29, 1.82) is 0 Å². The Kier molecular flexibility index (Phi) is 8.60. The van der Waals surface area contributed by atoms with Crippen molar-refractivity contribution in [3.05, 3.63) is 29.8 Å². The molecule has 1 aromatic carbocycles. The summed E-state index contributed by atoms with van der Waals surface area (Å²) in [6, 6.07) is 7.98. The normalized spacial score (nSPS) is 19.5. The van der Waals surface area contributed by atoms with Crippen molar-refractivity contribution in [3.8, 4) is 0 Å². The van der Waals surface area contributed by atoms with E-state index in [1.54, 1.807) is 6.92 Å². The predicted octanol–water partition coefficient (Wildman–Crippen LogP) is 2.71. The lowest BCUT2D eigenvalue weighted by atomic mass is 9.94. The summed E-state index contributed by atoms with van der Waals surface area (Å²) in [5.41, 5.74) is 0.680. The Bertz CT molecular complexity index is 713. The van der Waals surface area contributed by atoms with Gasteiger partial charge in [-0.1, -0.05) is 31.4 Å². The average molecular weight is 434 g/mol. The summed E-state index contributed by atoms with van der Waals surface area (Å²) in [6.45, 7) is 5.30. The molecule has 1 atom stereocenters. The zero-order valence-electron chi connectivity index (χ0n) is 18.3. The Morgan fingerprint density at radius 2 is 1.80 bits per heavy atom. The summed E-state index contributed by atoms with van der Waals surface area (Å²) in [7, 11) is 1.92. The molecule has 7 heteroatoms. The Balaban J connectivity index is 1.56. The number of piperazine rings is 1. The molecule has 0 unspecified atom stereocenters. The maximum atomic E-state index is 13.1. The number of carbonyl (C=O) groups excluding carboxylic acids is 2. The number of rotatable bonds is 7. The number of β-amino-alcohol motifs (C(OH)–C–C–N with tert-alkyl or cyclic N) is 1. The highest BCUT2D eigenvalue weighted by Crippen LogP contribution is 2.26. The fourth-order valence-electron chi connectivity index (χ4n) is 4.36. The van der Waals surface area contributed by atoms with Crippen molar-refractivity contribution in [2.45, 2.75) is 56.1 Å². The molecule has 3 rings (SSSR count). The van der Waals surface area contributed by atoms with Crippen molar-refractivity contribution in [2.75, 3.05) is 45.5 Å². The number of amides is 2. The first kappa shape index (κ1) is 23.1. The van der Waals surface area contributed by atoms with Gasteiger partial charge in [-0.25, -0.2) is 0 Å². The second-order valence-corrected chi connectivity index (χ2v) is 9.54. The van der Waals surface area contributed by atoms with Crippen LogP contribution in [0, 0.1) is 0 Å². The van der Waals surface area contributed by atoms with Gasteiger partial charge in [0.2, 0.25) is 5.91 Å². The molecule has 1 aliphatic carbocycles. The summed E-state index contributed by atoms with van der Waals surface area (Å²) in [5.74, 6) is 0.531. The van der Waals surface area contributed by atoms with E-state index in [4.69, 9.17) is 0 Å². The number of hydrogen-bond donors (Lipinski definition) is 1. The van der Waals surface area contributed by atoms with Crippen LogP contribution in [-0.4, -0.2) is 89.3 Å². The van der Waals surface area contributed by atoms with Crippen LogP contribution in [0.2, 0.25) is 0 Å². The summed E-state index contributed by atoms with van der Waals surface area (Å²) in [5, 5.41) is 9.56. The fraction of sp³-hybridized carbons (Fsp3) is 0.652. The minimum absolute atomic E-state index is 0.0304. The maximum Gasteiger partial charge on any atom is 0.255 e. The second-order valence-electron chi connectivity index (χ2n) is 8.52. The van der Waals surface area contributed by atoms with Gasteiger partial charge in [-0.2, -0.15) is 0 Å². The van der Waals surface area contributed by atoms with E-state index in [0.29, 0.717) is 37.0 Å². The van der Waals surface area contributed by atoms with Gasteiger partial charge >= 0.3 is 0 Å². The molecule has 1 N–H and O–H groups in total. The van der Waals surface area contributed by atoms with E-state index < -0.39 is 0 Å². The molecule has 2 aliphatic rings. The van der Waals surface area contributed by atoms with Gasteiger partial charge in [0.25, 0.3) is 5.91 Å². The summed E-state index contributed by atoms with van der Waals surface area (Å²) in [6.07, 6.45) is 5.53. The number of hydrogen-bond acceptors (Lipinski definition) is 5. The number of aliphatic hydroxyl groups is 1. The van der Waals surface area contributed by atoms with Crippen LogP contribution in [0.25, 0.3) is 0 Å². The lowest BCUT2D eigenvalue weighted by Gasteiger charge is -2.35. The highest BCUT2D eigenvalue weighted by Gasteiger charge is 2.25. The highest BCUT2D eigenvalue weighted by molar-refractivity contribution is 8.00. The SMILES string of the molecule is C[C@@H](O)CN1CCN(C(=O)c2ccccc2SCC(=O)N(C)C2CCCCC2)CC1. The third kappa shape index (κ3) is 6.22. The number of thioether (sulfide) groups is 1. The molecule has 2 fully saturated rings. The van der Waals surface area contributed by atoms with E-state index in [-0.39, 0.29) is 17.9 Å². The van der Waals surface area contributed by atoms with Crippen molar-refractivity contribution in [1.82, 2.24) is 14.7 Å². The van der Waals surface area contributed by atoms with E-state index in [2.05, 4.69) is 4.90 Å². The van der Waals surface area contributed by atoms with Crippen molar-refractivity contribution < 1.29 is 14.7 Å². The first-order valence-corrected chi connectivity index (χ1v) is 12.1. The van der Waals surface area contributed by atoms with E-state index in [1.807, 2.05) is 41.1 Å². The standard InChI is InChI=1S/C23H35N3O3S/c1-18(27)16-25-12-14-26(15-13-25)23(29)20-10-6-7-11-21(20)30-17-22(28)24(2)19-8-4-3-5-9-19/h6-7,10-11,18-19,27H,3-5,8-9,12-17H2,1-2H3/t18-/m1/s1. The number of nitrogens with zero attached hydrogens (tertiary/aromatic N) is 3. The van der Waals surface area contributed by atoms with Crippen molar-refractivity contribution >= 4 is 23.6 Å². The molecule has 1 aromatic rings. The number of benzene rings is 1. The molecule has 30 heavy (non-hydrogen) atoms. The highest BCUT2D eigenvalue weighted by atomic mass is 32.2. The molecule has 1 saturated carbocycles. The van der Waals surface area contributed by atoms with Crippen LogP contribution in [0.15, 0.2) is 29.2 Å². The van der Waals surface area contributed by atoms with Crippen molar-refractivity contribution in [3.63, 3.8) is 0 Å². The molecule has 0 spiro atoms. The van der Waals surface area contributed by atoms with Gasteiger partial charge < -0.3 is 14.9 Å². The summed E-state index contributed by atoms with van der Waals surface area (Å²) >= 11 is 1.47. The van der Waals surface area contributed by atoms with Crippen LogP contribution in [0.3, 0.4) is 0 Å². The fourth-order valence-corrected chi connectivity index (χ4v) is 5.33. The van der Waals surface area contributed by atoms with Crippen LogP contribution >= 0.6 is 11.8 Å². The van der Waals surface area contributed by atoms with Crippen molar-refractivity contribution in [2.24, 2.45) is 0 Å². The molecule has 6 nitrogen and oxygen atoms in total. The second kappa shape index (κ2) is 11.2. The summed E-state index contributed by atoms with van der Waals surface area (Å²) < 4.78 is 0. The minimum Gasteiger partial charge on any atom is -0.392 e. The molecule has 0 bridgehead atoms. The topological polar surface area (TPSA) is 64.1 Å². The zero-order valence-corrected chi connectivity index (χ0v) is 19.1. The van der Waals surface area contributed by atoms with E-state index in [0.717, 1.165) is 30.8 Å². The quantitative estimate of drug-likeness (QED) is 0.670. The Morgan fingerprint density at radius 1 is 1.13 bits per heavy atom. The van der Waals surface area contributed by atoms with Gasteiger partial charge in [-0.3, -0.25) is 14.5 Å². The zero-order chi connectivity index (χ0) is 21.5. The molecule has 2 amide bonds. The summed E-state index contributed by atoms with van der Waals surface area (Å²) in [4.78, 5) is 32.7. The molecule has 0 aromatic heterocycles. The predicted molar refractivity (Wildman–Crippen MR) is 121 cm³/mol. The van der Waals surface area contributed by atoms with Gasteiger partial charge in [-0.05, 0) is 31.9 Å². The van der Waals surface area contributed by atoms with Crippen LogP contribution in [0.1, 0.15) is 49.4 Å². The van der Waals surface area contributed by atoms with Gasteiger partial charge in [0.05, 0.1) is 17.4 Å². The van der Waals surface area contributed by atoms with Gasteiger partial charge in [-0.15, -0.1) is 11.8 Å². The molecule has 0 radical (unpaired) electrons. The van der Waals surface area contributed by atoms with Crippen LogP contribution in [-0.2, 0) is 4.79 Å². The third-order valence-corrected chi connectivity index (χ3v) is 7.22. The monoisotopic (exact) mass is 433 g/mol. The number of aliphatic hydroxyl groups excluding tert-OH is 1. The maximum absolute atomic E-state index is 13.1. The van der Waals surface area contributed by atoms with E-state index >= 15 is 0 Å². The molecule has 166 valence electrons. The largest absolute Gasteiger partial charge is 0.392 e. The minimum atomic E-state index is -0.353.